The van der Waals surface area contributed by atoms with Crippen LogP contribution in [0.4, 0.5) is 0 Å². The topological polar surface area (TPSA) is 50.1 Å². The molecule has 0 amide bonds. The van der Waals surface area contributed by atoms with Crippen molar-refractivity contribution in [3.05, 3.63) is 65.2 Å². The van der Waals surface area contributed by atoms with Gasteiger partial charge in [0.15, 0.2) is 5.78 Å². The number of carbonyl (C=O) groups is 1. The fourth-order valence-corrected chi connectivity index (χ4v) is 4.19. The Hall–Kier alpha value is -2.60. The lowest BCUT2D eigenvalue weighted by molar-refractivity contribution is 0.0867. The standard InChI is InChI=1S/C20H17NO2/c1-23-15-8-6-14(7-9-15)18-17(12-21)20(18)11-10-13-4-2-3-5-16(13)19(20)22/h2-9,17-18H,10-11H2,1H3. The van der Waals surface area contributed by atoms with Gasteiger partial charge in [-0.15, -0.1) is 0 Å². The fourth-order valence-electron chi connectivity index (χ4n) is 4.19. The Morgan fingerprint density at radius 3 is 2.61 bits per heavy atom. The summed E-state index contributed by atoms with van der Waals surface area (Å²) in [7, 11) is 1.63. The summed E-state index contributed by atoms with van der Waals surface area (Å²) in [5.74, 6) is 0.708. The van der Waals surface area contributed by atoms with Crippen LogP contribution in [0.15, 0.2) is 48.5 Å². The Labute approximate surface area is 135 Å². The Bertz CT molecular complexity index is 818. The number of Topliss-reactive ketones (excluding diaryl/α,β-unsaturated/α-hetero) is 1. The molecule has 3 nitrogen and oxygen atoms in total. The van der Waals surface area contributed by atoms with Crippen molar-refractivity contribution in [2.75, 3.05) is 7.11 Å². The third-order valence-electron chi connectivity index (χ3n) is 5.44. The van der Waals surface area contributed by atoms with Crippen molar-refractivity contribution in [2.45, 2.75) is 18.8 Å². The predicted octanol–water partition coefficient (Wildman–Crippen LogP) is 3.75. The molecule has 3 atom stereocenters. The summed E-state index contributed by atoms with van der Waals surface area (Å²) < 4.78 is 5.20. The molecule has 1 fully saturated rings. The number of methoxy groups -OCH3 is 1. The maximum Gasteiger partial charge on any atom is 0.171 e. The highest BCUT2D eigenvalue weighted by molar-refractivity contribution is 6.06. The number of hydrogen-bond donors (Lipinski definition) is 0. The molecular formula is C20H17NO2. The maximum absolute atomic E-state index is 13.1. The highest BCUT2D eigenvalue weighted by atomic mass is 16.5. The second-order valence-electron chi connectivity index (χ2n) is 6.38. The van der Waals surface area contributed by atoms with Crippen molar-refractivity contribution in [1.29, 1.82) is 5.26 Å². The number of aryl methyl sites for hydroxylation is 1. The smallest absolute Gasteiger partial charge is 0.171 e. The molecule has 0 aliphatic heterocycles. The second-order valence-corrected chi connectivity index (χ2v) is 6.38. The molecular weight excluding hydrogens is 286 g/mol. The van der Waals surface area contributed by atoms with E-state index >= 15 is 0 Å². The van der Waals surface area contributed by atoms with Gasteiger partial charge in [-0.25, -0.2) is 0 Å². The van der Waals surface area contributed by atoms with Crippen molar-refractivity contribution in [3.8, 4) is 11.8 Å². The lowest BCUT2D eigenvalue weighted by Crippen LogP contribution is -2.26. The SMILES string of the molecule is COc1ccc(C2C(C#N)C23CCc2ccccc2C3=O)cc1. The van der Waals surface area contributed by atoms with Crippen LogP contribution in [0.25, 0.3) is 0 Å². The van der Waals surface area contributed by atoms with Crippen LogP contribution in [-0.4, -0.2) is 12.9 Å². The minimum atomic E-state index is -0.530. The van der Waals surface area contributed by atoms with E-state index in [1.54, 1.807) is 7.11 Å². The normalized spacial score (nSPS) is 28.1. The monoisotopic (exact) mass is 303 g/mol. The lowest BCUT2D eigenvalue weighted by Gasteiger charge is -2.24. The molecule has 1 spiro atoms. The predicted molar refractivity (Wildman–Crippen MR) is 86.4 cm³/mol. The van der Waals surface area contributed by atoms with E-state index in [2.05, 4.69) is 6.07 Å². The average molecular weight is 303 g/mol. The third kappa shape index (κ3) is 1.85. The van der Waals surface area contributed by atoms with Crippen molar-refractivity contribution >= 4 is 5.78 Å². The van der Waals surface area contributed by atoms with E-state index in [9.17, 15) is 10.1 Å². The van der Waals surface area contributed by atoms with Gasteiger partial charge < -0.3 is 4.74 Å². The van der Waals surface area contributed by atoms with Crippen LogP contribution in [0, 0.1) is 22.7 Å². The molecule has 23 heavy (non-hydrogen) atoms. The maximum atomic E-state index is 13.1. The van der Waals surface area contributed by atoms with E-state index in [1.807, 2.05) is 48.5 Å². The first-order valence-corrected chi connectivity index (χ1v) is 7.88. The molecule has 2 aliphatic rings. The molecule has 2 aromatic carbocycles. The molecule has 1 saturated carbocycles. The lowest BCUT2D eigenvalue weighted by atomic mass is 9.77. The number of nitriles is 1. The highest BCUT2D eigenvalue weighted by Crippen LogP contribution is 2.69. The number of rotatable bonds is 2. The van der Waals surface area contributed by atoms with E-state index in [0.717, 1.165) is 35.3 Å². The molecule has 0 radical (unpaired) electrons. The summed E-state index contributed by atoms with van der Waals surface area (Å²) >= 11 is 0. The van der Waals surface area contributed by atoms with E-state index in [1.165, 1.54) is 0 Å². The summed E-state index contributed by atoms with van der Waals surface area (Å²) in [6.45, 7) is 0. The van der Waals surface area contributed by atoms with Crippen LogP contribution in [0.5, 0.6) is 5.75 Å². The minimum Gasteiger partial charge on any atom is -0.497 e. The molecule has 0 heterocycles. The molecule has 2 aliphatic carbocycles. The zero-order valence-electron chi connectivity index (χ0n) is 13.0. The molecule has 3 heteroatoms. The molecule has 0 aromatic heterocycles. The summed E-state index contributed by atoms with van der Waals surface area (Å²) in [4.78, 5) is 13.1. The Morgan fingerprint density at radius 1 is 1.17 bits per heavy atom. The zero-order valence-corrected chi connectivity index (χ0v) is 13.0. The van der Waals surface area contributed by atoms with Crippen LogP contribution >= 0.6 is 0 Å². The van der Waals surface area contributed by atoms with Gasteiger partial charge >= 0.3 is 0 Å². The molecule has 0 bridgehead atoms. The molecule has 4 rings (SSSR count). The highest BCUT2D eigenvalue weighted by Gasteiger charge is 2.70. The number of fused-ring (bicyclic) bond motifs is 1. The first-order chi connectivity index (χ1) is 11.2. The van der Waals surface area contributed by atoms with Crippen molar-refractivity contribution in [3.63, 3.8) is 0 Å². The van der Waals surface area contributed by atoms with Crippen molar-refractivity contribution < 1.29 is 9.53 Å². The van der Waals surface area contributed by atoms with E-state index < -0.39 is 5.41 Å². The van der Waals surface area contributed by atoms with Crippen LogP contribution < -0.4 is 4.74 Å². The number of ether oxygens (including phenoxy) is 1. The van der Waals surface area contributed by atoms with Gasteiger partial charge in [0.05, 0.1) is 24.5 Å². The van der Waals surface area contributed by atoms with Gasteiger partial charge in [0, 0.05) is 11.5 Å². The number of hydrogen-bond acceptors (Lipinski definition) is 3. The summed E-state index contributed by atoms with van der Waals surface area (Å²) in [6, 6.07) is 17.9. The summed E-state index contributed by atoms with van der Waals surface area (Å²) in [5, 5.41) is 9.59. The quantitative estimate of drug-likeness (QED) is 0.849. The average Bonchev–Trinajstić information content (AvgIpc) is 3.27. The van der Waals surface area contributed by atoms with E-state index in [4.69, 9.17) is 4.74 Å². The van der Waals surface area contributed by atoms with E-state index in [0.29, 0.717) is 0 Å². The van der Waals surface area contributed by atoms with Crippen LogP contribution in [0.2, 0.25) is 0 Å². The van der Waals surface area contributed by atoms with Crippen molar-refractivity contribution in [2.24, 2.45) is 11.3 Å². The molecule has 0 saturated heterocycles. The Balaban J connectivity index is 1.74. The fraction of sp³-hybridized carbons (Fsp3) is 0.300. The molecule has 0 N–H and O–H groups in total. The molecule has 3 unspecified atom stereocenters. The second kappa shape index (κ2) is 4.96. The first kappa shape index (κ1) is 14.0. The van der Waals surface area contributed by atoms with Gasteiger partial charge in [0.1, 0.15) is 5.75 Å². The number of carbonyl (C=O) groups excluding carboxylic acids is 1. The molecule has 114 valence electrons. The van der Waals surface area contributed by atoms with Crippen LogP contribution in [0.1, 0.15) is 33.8 Å². The van der Waals surface area contributed by atoms with Crippen LogP contribution in [-0.2, 0) is 6.42 Å². The summed E-state index contributed by atoms with van der Waals surface area (Å²) in [6.07, 6.45) is 1.63. The molecule has 2 aromatic rings. The van der Waals surface area contributed by atoms with Gasteiger partial charge in [0.2, 0.25) is 0 Å². The van der Waals surface area contributed by atoms with Gasteiger partial charge in [0.25, 0.3) is 0 Å². The number of nitrogens with zero attached hydrogens (tertiary/aromatic N) is 1. The first-order valence-electron chi connectivity index (χ1n) is 7.88. The third-order valence-corrected chi connectivity index (χ3v) is 5.44. The minimum absolute atomic E-state index is 0.000683. The number of ketones is 1. The van der Waals surface area contributed by atoms with Gasteiger partial charge in [-0.1, -0.05) is 36.4 Å². The van der Waals surface area contributed by atoms with Gasteiger partial charge in [-0.2, -0.15) is 5.26 Å². The van der Waals surface area contributed by atoms with Crippen LogP contribution in [0.3, 0.4) is 0 Å². The van der Waals surface area contributed by atoms with E-state index in [-0.39, 0.29) is 17.6 Å². The number of benzene rings is 2. The van der Waals surface area contributed by atoms with Gasteiger partial charge in [-0.3, -0.25) is 4.79 Å². The Kier molecular flexibility index (Phi) is 3.02. The zero-order chi connectivity index (χ0) is 16.0. The summed E-state index contributed by atoms with van der Waals surface area (Å²) in [5.41, 5.74) is 2.44. The largest absolute Gasteiger partial charge is 0.497 e. The Morgan fingerprint density at radius 2 is 1.91 bits per heavy atom. The van der Waals surface area contributed by atoms with Crippen molar-refractivity contribution in [1.82, 2.24) is 0 Å². The van der Waals surface area contributed by atoms with Gasteiger partial charge in [-0.05, 0) is 36.1 Å².